The first-order chi connectivity index (χ1) is 10.2. The van der Waals surface area contributed by atoms with Gasteiger partial charge in [-0.3, -0.25) is 0 Å². The van der Waals surface area contributed by atoms with E-state index in [0.29, 0.717) is 12.3 Å². The molecule has 0 aliphatic carbocycles. The third-order valence-electron chi connectivity index (χ3n) is 3.29. The smallest absolute Gasteiger partial charge is 0.339 e. The van der Waals surface area contributed by atoms with Gasteiger partial charge in [0.1, 0.15) is 11.3 Å². The molecule has 3 rings (SSSR count). The predicted molar refractivity (Wildman–Crippen MR) is 84.6 cm³/mol. The van der Waals surface area contributed by atoms with Crippen molar-refractivity contribution in [3.8, 4) is 0 Å². The van der Waals surface area contributed by atoms with Gasteiger partial charge in [0, 0.05) is 15.5 Å². The maximum Gasteiger partial charge on any atom is 0.339 e. The quantitative estimate of drug-likeness (QED) is 0.730. The summed E-state index contributed by atoms with van der Waals surface area (Å²) >= 11 is 3.53. The van der Waals surface area contributed by atoms with Gasteiger partial charge in [0.2, 0.25) is 0 Å². The fourth-order valence-corrected chi connectivity index (χ4v) is 2.74. The molecule has 1 heterocycles. The van der Waals surface area contributed by atoms with Crippen molar-refractivity contribution < 1.29 is 14.3 Å². The number of rotatable bonds is 4. The van der Waals surface area contributed by atoms with E-state index in [-0.39, 0.29) is 5.56 Å². The number of carboxylic acid groups (broad SMARTS) is 1. The van der Waals surface area contributed by atoms with E-state index in [1.165, 1.54) is 12.3 Å². The Labute approximate surface area is 129 Å². The number of carboxylic acids is 1. The van der Waals surface area contributed by atoms with Gasteiger partial charge in [-0.2, -0.15) is 0 Å². The lowest BCUT2D eigenvalue weighted by Crippen LogP contribution is -2.05. The average molecular weight is 346 g/mol. The molecule has 0 saturated carbocycles. The lowest BCUT2D eigenvalue weighted by molar-refractivity contribution is 0.0694. The highest BCUT2D eigenvalue weighted by Crippen LogP contribution is 2.30. The lowest BCUT2D eigenvalue weighted by Gasteiger charge is -2.10. The van der Waals surface area contributed by atoms with E-state index in [4.69, 9.17) is 9.52 Å². The topological polar surface area (TPSA) is 62.5 Å². The summed E-state index contributed by atoms with van der Waals surface area (Å²) in [4.78, 5) is 11.1. The first-order valence-electron chi connectivity index (χ1n) is 6.37. The molecule has 3 aromatic rings. The Balaban J connectivity index is 1.91. The molecule has 5 heteroatoms. The zero-order valence-electron chi connectivity index (χ0n) is 11.0. The molecule has 0 aliphatic rings. The summed E-state index contributed by atoms with van der Waals surface area (Å²) in [6, 6.07) is 13.4. The van der Waals surface area contributed by atoms with Crippen molar-refractivity contribution in [1.82, 2.24) is 0 Å². The number of nitrogens with one attached hydrogen (secondary N) is 1. The van der Waals surface area contributed by atoms with Gasteiger partial charge < -0.3 is 14.8 Å². The average Bonchev–Trinajstić information content (AvgIpc) is 2.96. The number of hydrogen-bond donors (Lipinski definition) is 2. The number of aromatic carboxylic acids is 1. The van der Waals surface area contributed by atoms with Crippen LogP contribution < -0.4 is 5.32 Å². The molecule has 0 aliphatic heterocycles. The van der Waals surface area contributed by atoms with Gasteiger partial charge in [-0.05, 0) is 23.6 Å². The highest BCUT2D eigenvalue weighted by molar-refractivity contribution is 9.10. The largest absolute Gasteiger partial charge is 0.478 e. The summed E-state index contributed by atoms with van der Waals surface area (Å²) in [5, 5.41) is 14.5. The number of furan rings is 1. The number of hydrogen-bond acceptors (Lipinski definition) is 3. The van der Waals surface area contributed by atoms with Gasteiger partial charge in [-0.15, -0.1) is 0 Å². The van der Waals surface area contributed by atoms with E-state index in [1.54, 1.807) is 0 Å². The minimum absolute atomic E-state index is 0.184. The molecule has 21 heavy (non-hydrogen) atoms. The van der Waals surface area contributed by atoms with Crippen LogP contribution in [0.4, 0.5) is 5.69 Å². The van der Waals surface area contributed by atoms with Crippen LogP contribution in [0.25, 0.3) is 10.8 Å². The molecule has 106 valence electrons. The minimum Gasteiger partial charge on any atom is -0.478 e. The van der Waals surface area contributed by atoms with Crippen molar-refractivity contribution >= 4 is 38.4 Å². The van der Waals surface area contributed by atoms with E-state index in [1.807, 2.05) is 36.4 Å². The first kappa shape index (κ1) is 13.7. The standard InChI is InChI=1S/C16H12BrNO3/c17-13-5-6-14(11-4-2-1-3-10(11)13)18-9-15-12(16(19)20)7-8-21-15/h1-8,18H,9H2,(H,19,20). The molecular formula is C16H12BrNO3. The maximum atomic E-state index is 11.1. The Morgan fingerprint density at radius 3 is 2.67 bits per heavy atom. The molecule has 0 fully saturated rings. The summed E-state index contributed by atoms with van der Waals surface area (Å²) in [7, 11) is 0. The molecule has 0 spiro atoms. The number of anilines is 1. The van der Waals surface area contributed by atoms with E-state index in [9.17, 15) is 4.79 Å². The molecule has 0 saturated heterocycles. The minimum atomic E-state index is -0.985. The van der Waals surface area contributed by atoms with Crippen LogP contribution in [0.5, 0.6) is 0 Å². The van der Waals surface area contributed by atoms with Crippen molar-refractivity contribution in [2.75, 3.05) is 5.32 Å². The van der Waals surface area contributed by atoms with Crippen LogP contribution in [0.1, 0.15) is 16.1 Å². The van der Waals surface area contributed by atoms with Crippen molar-refractivity contribution in [2.45, 2.75) is 6.54 Å². The number of fused-ring (bicyclic) bond motifs is 1. The Hall–Kier alpha value is -2.27. The second kappa shape index (κ2) is 5.61. The van der Waals surface area contributed by atoms with Crippen molar-refractivity contribution in [1.29, 1.82) is 0 Å². The normalized spacial score (nSPS) is 10.7. The third kappa shape index (κ3) is 2.64. The molecule has 1 aromatic heterocycles. The fourth-order valence-electron chi connectivity index (χ4n) is 2.26. The van der Waals surface area contributed by atoms with Crippen LogP contribution in [0.15, 0.2) is 57.6 Å². The highest BCUT2D eigenvalue weighted by atomic mass is 79.9. The zero-order valence-corrected chi connectivity index (χ0v) is 12.6. The third-order valence-corrected chi connectivity index (χ3v) is 3.98. The molecule has 2 aromatic carbocycles. The second-order valence-electron chi connectivity index (χ2n) is 4.56. The summed E-state index contributed by atoms with van der Waals surface area (Å²) in [5.41, 5.74) is 1.12. The van der Waals surface area contributed by atoms with Gasteiger partial charge >= 0.3 is 5.97 Å². The maximum absolute atomic E-state index is 11.1. The Morgan fingerprint density at radius 1 is 1.14 bits per heavy atom. The van der Waals surface area contributed by atoms with Crippen LogP contribution in [0, 0.1) is 0 Å². The Bertz CT molecular complexity index is 810. The van der Waals surface area contributed by atoms with Gasteiger partial charge in [-0.25, -0.2) is 4.79 Å². The summed E-state index contributed by atoms with van der Waals surface area (Å²) < 4.78 is 6.25. The van der Waals surface area contributed by atoms with E-state index in [0.717, 1.165) is 20.9 Å². The summed E-state index contributed by atoms with van der Waals surface area (Å²) in [5.74, 6) is -0.573. The molecule has 4 nitrogen and oxygen atoms in total. The van der Waals surface area contributed by atoms with Crippen LogP contribution in [0.3, 0.4) is 0 Å². The molecule has 0 atom stereocenters. The summed E-state index contributed by atoms with van der Waals surface area (Å²) in [6.07, 6.45) is 1.39. The fraction of sp³-hybridized carbons (Fsp3) is 0.0625. The second-order valence-corrected chi connectivity index (χ2v) is 5.41. The number of carbonyl (C=O) groups is 1. The zero-order chi connectivity index (χ0) is 14.8. The van der Waals surface area contributed by atoms with Crippen molar-refractivity contribution in [2.24, 2.45) is 0 Å². The van der Waals surface area contributed by atoms with Crippen LogP contribution in [0.2, 0.25) is 0 Å². The van der Waals surface area contributed by atoms with Gasteiger partial charge in [0.15, 0.2) is 0 Å². The van der Waals surface area contributed by atoms with Crippen molar-refractivity contribution in [3.05, 3.63) is 64.5 Å². The van der Waals surface area contributed by atoms with Gasteiger partial charge in [0.25, 0.3) is 0 Å². The highest BCUT2D eigenvalue weighted by Gasteiger charge is 2.13. The molecule has 0 bridgehead atoms. The Kier molecular flexibility index (Phi) is 3.66. The van der Waals surface area contributed by atoms with Crippen LogP contribution >= 0.6 is 15.9 Å². The van der Waals surface area contributed by atoms with Crippen molar-refractivity contribution in [3.63, 3.8) is 0 Å². The van der Waals surface area contributed by atoms with E-state index in [2.05, 4.69) is 21.2 Å². The van der Waals surface area contributed by atoms with Gasteiger partial charge in [0.05, 0.1) is 12.8 Å². The van der Waals surface area contributed by atoms with E-state index >= 15 is 0 Å². The van der Waals surface area contributed by atoms with Crippen LogP contribution in [-0.2, 0) is 6.54 Å². The first-order valence-corrected chi connectivity index (χ1v) is 7.17. The monoisotopic (exact) mass is 345 g/mol. The van der Waals surface area contributed by atoms with Crippen LogP contribution in [-0.4, -0.2) is 11.1 Å². The molecule has 0 amide bonds. The SMILES string of the molecule is O=C(O)c1ccoc1CNc1ccc(Br)c2ccccc12. The Morgan fingerprint density at radius 2 is 1.90 bits per heavy atom. The molecule has 2 N–H and O–H groups in total. The van der Waals surface area contributed by atoms with E-state index < -0.39 is 5.97 Å². The number of halogens is 1. The summed E-state index contributed by atoms with van der Waals surface area (Å²) in [6.45, 7) is 0.320. The number of benzene rings is 2. The molecule has 0 radical (unpaired) electrons. The molecular weight excluding hydrogens is 334 g/mol. The lowest BCUT2D eigenvalue weighted by atomic mass is 10.1. The van der Waals surface area contributed by atoms with Gasteiger partial charge in [-0.1, -0.05) is 40.2 Å². The molecule has 0 unspecified atom stereocenters. The predicted octanol–water partition coefficient (Wildman–Crippen LogP) is 4.51.